The number of rotatable bonds is 4. The summed E-state index contributed by atoms with van der Waals surface area (Å²) in [6.07, 6.45) is 1.32. The van der Waals surface area contributed by atoms with Crippen LogP contribution in [0.25, 0.3) is 0 Å². The molecule has 0 bridgehead atoms. The van der Waals surface area contributed by atoms with Crippen LogP contribution in [0.1, 0.15) is 16.8 Å². The molecule has 0 spiro atoms. The lowest BCUT2D eigenvalue weighted by molar-refractivity contribution is 0.372. The summed E-state index contributed by atoms with van der Waals surface area (Å²) in [5.74, 6) is 0.0749. The highest BCUT2D eigenvalue weighted by Crippen LogP contribution is 2.31. The van der Waals surface area contributed by atoms with Crippen LogP contribution < -0.4 is 9.64 Å². The number of sulfonamides is 1. The second-order valence-corrected chi connectivity index (χ2v) is 8.48. The Labute approximate surface area is 158 Å². The molecule has 0 unspecified atom stereocenters. The van der Waals surface area contributed by atoms with Crippen LogP contribution in [0.3, 0.4) is 0 Å². The average Bonchev–Trinajstić information content (AvgIpc) is 2.66. The van der Waals surface area contributed by atoms with Crippen LogP contribution in [-0.2, 0) is 10.0 Å². The number of hydrogen-bond donors (Lipinski definition) is 0. The molecule has 1 aromatic carbocycles. The topological polar surface area (TPSA) is 75.6 Å². The van der Waals surface area contributed by atoms with E-state index in [4.69, 9.17) is 4.74 Å². The minimum atomic E-state index is -3.71. The molecule has 0 N–H and O–H groups in total. The molecule has 0 atom stereocenters. The smallest absolute Gasteiger partial charge is 0.246 e. The third kappa shape index (κ3) is 3.61. The fraction of sp³-hybridized carbons (Fsp3) is 0.444. The van der Waals surface area contributed by atoms with Gasteiger partial charge in [-0.25, -0.2) is 22.8 Å². The van der Waals surface area contributed by atoms with E-state index in [2.05, 4.69) is 9.97 Å². The maximum absolute atomic E-state index is 14.2. The van der Waals surface area contributed by atoms with Gasteiger partial charge in [-0.3, -0.25) is 0 Å². The Balaban J connectivity index is 1.83. The van der Waals surface area contributed by atoms with E-state index in [1.165, 1.54) is 17.7 Å². The molecule has 2 aromatic rings. The van der Waals surface area contributed by atoms with Crippen molar-refractivity contribution in [1.82, 2.24) is 14.3 Å². The van der Waals surface area contributed by atoms with Crippen LogP contribution in [-0.4, -0.2) is 56.0 Å². The van der Waals surface area contributed by atoms with Gasteiger partial charge in [0.1, 0.15) is 17.0 Å². The van der Waals surface area contributed by atoms with Gasteiger partial charge in [-0.15, -0.1) is 0 Å². The van der Waals surface area contributed by atoms with Gasteiger partial charge in [0.15, 0.2) is 11.6 Å². The number of piperazine rings is 1. The minimum absolute atomic E-state index is 0.158. The Morgan fingerprint density at radius 3 is 2.30 bits per heavy atom. The monoisotopic (exact) mass is 394 g/mol. The van der Waals surface area contributed by atoms with Crippen molar-refractivity contribution in [3.63, 3.8) is 0 Å². The third-order valence-corrected chi connectivity index (χ3v) is 6.80. The zero-order valence-electron chi connectivity index (χ0n) is 15.9. The molecule has 9 heteroatoms. The summed E-state index contributed by atoms with van der Waals surface area (Å²) >= 11 is 0. The quantitative estimate of drug-likeness (QED) is 0.790. The van der Waals surface area contributed by atoms with Gasteiger partial charge < -0.3 is 9.64 Å². The Morgan fingerprint density at radius 2 is 1.67 bits per heavy atom. The molecule has 1 aliphatic rings. The lowest BCUT2D eigenvalue weighted by atomic mass is 10.1. The Hall–Kier alpha value is -2.26. The van der Waals surface area contributed by atoms with Gasteiger partial charge in [0.2, 0.25) is 10.0 Å². The van der Waals surface area contributed by atoms with Gasteiger partial charge in [-0.1, -0.05) is 0 Å². The van der Waals surface area contributed by atoms with Crippen LogP contribution in [0.4, 0.5) is 10.2 Å². The first-order chi connectivity index (χ1) is 12.8. The SMILES string of the molecule is COc1cc(C)c(C)cc1S(=O)(=O)N1CCN(c2ncnc(C)c2F)CC1. The van der Waals surface area contributed by atoms with Crippen LogP contribution in [0, 0.1) is 26.6 Å². The predicted octanol–water partition coefficient (Wildman–Crippen LogP) is 2.06. The molecular formula is C18H23FN4O3S. The molecule has 7 nitrogen and oxygen atoms in total. The van der Waals surface area contributed by atoms with Crippen LogP contribution in [0.5, 0.6) is 5.75 Å². The summed E-state index contributed by atoms with van der Waals surface area (Å²) in [6, 6.07) is 3.38. The zero-order valence-corrected chi connectivity index (χ0v) is 16.7. The van der Waals surface area contributed by atoms with E-state index < -0.39 is 15.8 Å². The lowest BCUT2D eigenvalue weighted by Gasteiger charge is -2.35. The largest absolute Gasteiger partial charge is 0.495 e. The maximum Gasteiger partial charge on any atom is 0.246 e. The average molecular weight is 394 g/mol. The molecule has 0 radical (unpaired) electrons. The third-order valence-electron chi connectivity index (χ3n) is 4.88. The van der Waals surface area contributed by atoms with Crippen molar-refractivity contribution in [1.29, 1.82) is 0 Å². The fourth-order valence-electron chi connectivity index (χ4n) is 3.07. The Kier molecular flexibility index (Phi) is 5.34. The van der Waals surface area contributed by atoms with Crippen molar-refractivity contribution in [3.05, 3.63) is 41.1 Å². The van der Waals surface area contributed by atoms with Gasteiger partial charge in [0.25, 0.3) is 0 Å². The summed E-state index contributed by atoms with van der Waals surface area (Å²) in [7, 11) is -2.25. The molecule has 27 heavy (non-hydrogen) atoms. The van der Waals surface area contributed by atoms with Gasteiger partial charge in [0, 0.05) is 26.2 Å². The molecule has 3 rings (SSSR count). The summed E-state index contributed by atoms with van der Waals surface area (Å²) < 4.78 is 47.2. The van der Waals surface area contributed by atoms with E-state index in [1.54, 1.807) is 24.0 Å². The van der Waals surface area contributed by atoms with E-state index in [0.717, 1.165) is 11.1 Å². The first kappa shape index (κ1) is 19.5. The van der Waals surface area contributed by atoms with Crippen LogP contribution in [0.15, 0.2) is 23.4 Å². The van der Waals surface area contributed by atoms with Gasteiger partial charge in [0.05, 0.1) is 12.8 Å². The van der Waals surface area contributed by atoms with E-state index >= 15 is 0 Å². The van der Waals surface area contributed by atoms with Crippen molar-refractivity contribution < 1.29 is 17.5 Å². The number of benzene rings is 1. The molecule has 0 aliphatic carbocycles. The molecule has 1 aliphatic heterocycles. The van der Waals surface area contributed by atoms with Gasteiger partial charge >= 0.3 is 0 Å². The maximum atomic E-state index is 14.2. The highest BCUT2D eigenvalue weighted by molar-refractivity contribution is 7.89. The summed E-state index contributed by atoms with van der Waals surface area (Å²) in [4.78, 5) is 9.74. The Morgan fingerprint density at radius 1 is 1.04 bits per heavy atom. The minimum Gasteiger partial charge on any atom is -0.495 e. The van der Waals surface area contributed by atoms with Crippen LogP contribution in [0.2, 0.25) is 0 Å². The zero-order chi connectivity index (χ0) is 19.8. The molecule has 0 amide bonds. The number of aryl methyl sites for hydroxylation is 3. The fourth-order valence-corrected chi connectivity index (χ4v) is 4.71. The summed E-state index contributed by atoms with van der Waals surface area (Å²) in [6.45, 7) is 6.52. The van der Waals surface area contributed by atoms with Gasteiger partial charge in [-0.2, -0.15) is 4.31 Å². The van der Waals surface area contributed by atoms with E-state index in [0.29, 0.717) is 18.8 Å². The van der Waals surface area contributed by atoms with Crippen molar-refractivity contribution in [2.75, 3.05) is 38.2 Å². The first-order valence-electron chi connectivity index (χ1n) is 8.63. The Bertz CT molecular complexity index is 957. The second-order valence-electron chi connectivity index (χ2n) is 6.58. The van der Waals surface area contributed by atoms with E-state index in [9.17, 15) is 12.8 Å². The van der Waals surface area contributed by atoms with Crippen molar-refractivity contribution in [3.8, 4) is 5.75 Å². The van der Waals surface area contributed by atoms with Crippen molar-refractivity contribution >= 4 is 15.8 Å². The number of ether oxygens (including phenoxy) is 1. The van der Waals surface area contributed by atoms with Crippen LogP contribution >= 0.6 is 0 Å². The molecule has 1 saturated heterocycles. The highest BCUT2D eigenvalue weighted by Gasteiger charge is 2.32. The molecule has 1 fully saturated rings. The molecule has 2 heterocycles. The highest BCUT2D eigenvalue weighted by atomic mass is 32.2. The number of aromatic nitrogens is 2. The van der Waals surface area contributed by atoms with Gasteiger partial charge in [-0.05, 0) is 44.0 Å². The van der Waals surface area contributed by atoms with Crippen molar-refractivity contribution in [2.24, 2.45) is 0 Å². The predicted molar refractivity (Wildman–Crippen MR) is 100 cm³/mol. The molecule has 0 saturated carbocycles. The number of halogens is 1. The number of methoxy groups -OCH3 is 1. The molecule has 1 aromatic heterocycles. The standard InChI is InChI=1S/C18H23FN4O3S/c1-12-9-15(26-4)16(10-13(12)2)27(24,25)23-7-5-22(6-8-23)18-17(19)14(3)20-11-21-18/h9-11H,5-8H2,1-4H3. The molecular weight excluding hydrogens is 371 g/mol. The number of anilines is 1. The first-order valence-corrected chi connectivity index (χ1v) is 10.1. The lowest BCUT2D eigenvalue weighted by Crippen LogP contribution is -2.49. The normalized spacial score (nSPS) is 15.8. The second kappa shape index (κ2) is 7.40. The summed E-state index contributed by atoms with van der Waals surface area (Å²) in [5, 5.41) is 0. The van der Waals surface area contributed by atoms with Crippen molar-refractivity contribution in [2.45, 2.75) is 25.7 Å². The summed E-state index contributed by atoms with van der Waals surface area (Å²) in [5.41, 5.74) is 2.12. The number of hydrogen-bond acceptors (Lipinski definition) is 6. The van der Waals surface area contributed by atoms with E-state index in [1.807, 2.05) is 13.8 Å². The molecule has 146 valence electrons. The van der Waals surface area contributed by atoms with E-state index in [-0.39, 0.29) is 29.5 Å². The number of nitrogens with zero attached hydrogens (tertiary/aromatic N) is 4.